The normalized spacial score (nSPS) is 12.0. The van der Waals surface area contributed by atoms with Crippen molar-refractivity contribution in [2.75, 3.05) is 5.32 Å². The first-order chi connectivity index (χ1) is 12.4. The van der Waals surface area contributed by atoms with Crippen molar-refractivity contribution in [1.29, 1.82) is 0 Å². The Labute approximate surface area is 159 Å². The number of carbonyl (C=O) groups is 2. The van der Waals surface area contributed by atoms with Crippen molar-refractivity contribution in [2.24, 2.45) is 0 Å². The summed E-state index contributed by atoms with van der Waals surface area (Å²) >= 11 is 2.84. The SMILES string of the molecule is Cc1ccc(NC(=O)NC(=O)C(C)Sc2ncnc3ccsc23)c(C)c1. The highest BCUT2D eigenvalue weighted by Crippen LogP contribution is 2.31. The van der Waals surface area contributed by atoms with Crippen LogP contribution in [-0.2, 0) is 4.79 Å². The van der Waals surface area contributed by atoms with Crippen LogP contribution in [0.5, 0.6) is 0 Å². The number of amides is 3. The molecule has 0 bridgehead atoms. The molecule has 3 aromatic rings. The summed E-state index contributed by atoms with van der Waals surface area (Å²) in [5.41, 5.74) is 3.58. The van der Waals surface area contributed by atoms with Gasteiger partial charge in [0.2, 0.25) is 5.91 Å². The van der Waals surface area contributed by atoms with E-state index in [1.807, 2.05) is 43.5 Å². The number of urea groups is 1. The minimum absolute atomic E-state index is 0.374. The monoisotopic (exact) mass is 386 g/mol. The molecule has 0 saturated heterocycles. The number of thioether (sulfide) groups is 1. The van der Waals surface area contributed by atoms with E-state index in [-0.39, 0.29) is 5.91 Å². The molecule has 134 valence electrons. The summed E-state index contributed by atoms with van der Waals surface area (Å²) in [5, 5.41) is 7.29. The number of nitrogens with one attached hydrogen (secondary N) is 2. The fourth-order valence-corrected chi connectivity index (χ4v) is 4.23. The molecule has 2 N–H and O–H groups in total. The van der Waals surface area contributed by atoms with Crippen molar-refractivity contribution in [3.05, 3.63) is 47.1 Å². The van der Waals surface area contributed by atoms with Crippen LogP contribution < -0.4 is 10.6 Å². The predicted octanol–water partition coefficient (Wildman–Crippen LogP) is 4.14. The van der Waals surface area contributed by atoms with Crippen LogP contribution in [0.15, 0.2) is 41.0 Å². The second-order valence-electron chi connectivity index (χ2n) is 5.84. The smallest absolute Gasteiger partial charge is 0.307 e. The van der Waals surface area contributed by atoms with E-state index in [2.05, 4.69) is 20.6 Å². The van der Waals surface area contributed by atoms with Gasteiger partial charge in [-0.25, -0.2) is 14.8 Å². The number of benzene rings is 1. The molecule has 0 aliphatic heterocycles. The summed E-state index contributed by atoms with van der Waals surface area (Å²) in [6.07, 6.45) is 1.48. The van der Waals surface area contributed by atoms with Crippen LogP contribution in [0.1, 0.15) is 18.1 Å². The first kappa shape index (κ1) is 18.3. The summed E-state index contributed by atoms with van der Waals surface area (Å²) in [6, 6.07) is 7.06. The van der Waals surface area contributed by atoms with Gasteiger partial charge in [0.15, 0.2) is 0 Å². The average Bonchev–Trinajstić information content (AvgIpc) is 3.07. The number of hydrogen-bond donors (Lipinski definition) is 2. The standard InChI is InChI=1S/C18H18N4O2S2/c1-10-4-5-13(11(2)8-10)21-18(24)22-16(23)12(3)26-17-15-14(6-7-25-15)19-9-20-17/h4-9,12H,1-3H3,(H2,21,22,23,24). The number of carbonyl (C=O) groups excluding carboxylic acids is 2. The van der Waals surface area contributed by atoms with Gasteiger partial charge in [-0.05, 0) is 43.8 Å². The molecule has 0 spiro atoms. The van der Waals surface area contributed by atoms with Crippen LogP contribution in [0.4, 0.5) is 10.5 Å². The summed E-state index contributed by atoms with van der Waals surface area (Å²) in [5.74, 6) is -0.374. The second kappa shape index (κ2) is 7.84. The maximum Gasteiger partial charge on any atom is 0.325 e. The van der Waals surface area contributed by atoms with Gasteiger partial charge in [-0.1, -0.05) is 29.5 Å². The summed E-state index contributed by atoms with van der Waals surface area (Å²) < 4.78 is 0.942. The van der Waals surface area contributed by atoms with E-state index < -0.39 is 11.3 Å². The highest BCUT2D eigenvalue weighted by molar-refractivity contribution is 8.00. The lowest BCUT2D eigenvalue weighted by atomic mass is 10.1. The van der Waals surface area contributed by atoms with E-state index >= 15 is 0 Å². The van der Waals surface area contributed by atoms with Crippen molar-refractivity contribution >= 4 is 50.9 Å². The predicted molar refractivity (Wildman–Crippen MR) is 106 cm³/mol. The fourth-order valence-electron chi connectivity index (χ4n) is 2.39. The Morgan fingerprint density at radius 2 is 2.00 bits per heavy atom. The number of aromatic nitrogens is 2. The molecule has 6 nitrogen and oxygen atoms in total. The van der Waals surface area contributed by atoms with Crippen molar-refractivity contribution in [2.45, 2.75) is 31.0 Å². The van der Waals surface area contributed by atoms with E-state index in [1.54, 1.807) is 6.92 Å². The zero-order chi connectivity index (χ0) is 18.7. The maximum absolute atomic E-state index is 12.3. The Morgan fingerprint density at radius 3 is 2.77 bits per heavy atom. The Bertz CT molecular complexity index is 971. The van der Waals surface area contributed by atoms with Gasteiger partial charge in [0.05, 0.1) is 15.5 Å². The topological polar surface area (TPSA) is 84.0 Å². The molecule has 26 heavy (non-hydrogen) atoms. The lowest BCUT2D eigenvalue weighted by Gasteiger charge is -2.13. The fraction of sp³-hybridized carbons (Fsp3) is 0.222. The summed E-state index contributed by atoms with van der Waals surface area (Å²) in [7, 11) is 0. The van der Waals surface area contributed by atoms with Crippen LogP contribution in [-0.4, -0.2) is 27.2 Å². The second-order valence-corrected chi connectivity index (χ2v) is 8.08. The van der Waals surface area contributed by atoms with Gasteiger partial charge in [0.1, 0.15) is 11.4 Å². The molecular weight excluding hydrogens is 368 g/mol. The van der Waals surface area contributed by atoms with Gasteiger partial charge >= 0.3 is 6.03 Å². The minimum atomic E-state index is -0.543. The van der Waals surface area contributed by atoms with E-state index in [1.165, 1.54) is 29.4 Å². The lowest BCUT2D eigenvalue weighted by molar-refractivity contribution is -0.119. The number of imide groups is 1. The first-order valence-electron chi connectivity index (χ1n) is 7.98. The lowest BCUT2D eigenvalue weighted by Crippen LogP contribution is -2.39. The molecule has 0 radical (unpaired) electrons. The molecule has 1 atom stereocenters. The molecule has 0 saturated carbocycles. The molecule has 3 amide bonds. The molecule has 1 unspecified atom stereocenters. The molecule has 1 aromatic carbocycles. The van der Waals surface area contributed by atoms with Gasteiger partial charge in [-0.2, -0.15) is 0 Å². The molecule has 2 aromatic heterocycles. The van der Waals surface area contributed by atoms with Gasteiger partial charge in [0.25, 0.3) is 0 Å². The van der Waals surface area contributed by atoms with E-state index in [0.717, 1.165) is 26.4 Å². The van der Waals surface area contributed by atoms with Gasteiger partial charge < -0.3 is 5.32 Å². The third-order valence-electron chi connectivity index (χ3n) is 3.73. The number of rotatable bonds is 4. The molecule has 0 aliphatic rings. The number of anilines is 1. The number of thiophene rings is 1. The van der Waals surface area contributed by atoms with Crippen LogP contribution in [0.3, 0.4) is 0 Å². The van der Waals surface area contributed by atoms with Crippen molar-refractivity contribution in [1.82, 2.24) is 15.3 Å². The first-order valence-corrected chi connectivity index (χ1v) is 9.74. The van der Waals surface area contributed by atoms with Crippen LogP contribution >= 0.6 is 23.1 Å². The van der Waals surface area contributed by atoms with Crippen LogP contribution in [0, 0.1) is 13.8 Å². The van der Waals surface area contributed by atoms with Crippen molar-refractivity contribution < 1.29 is 9.59 Å². The van der Waals surface area contributed by atoms with E-state index in [4.69, 9.17) is 0 Å². The van der Waals surface area contributed by atoms with E-state index in [0.29, 0.717) is 5.69 Å². The molecule has 8 heteroatoms. The number of aryl methyl sites for hydroxylation is 2. The molecule has 0 fully saturated rings. The molecular formula is C18H18N4O2S2. The molecule has 3 rings (SSSR count). The third kappa shape index (κ3) is 4.20. The summed E-state index contributed by atoms with van der Waals surface area (Å²) in [4.78, 5) is 32.9. The Hall–Kier alpha value is -2.45. The largest absolute Gasteiger partial charge is 0.325 e. The maximum atomic E-state index is 12.3. The zero-order valence-corrected chi connectivity index (χ0v) is 16.2. The Kier molecular flexibility index (Phi) is 5.53. The highest BCUT2D eigenvalue weighted by atomic mass is 32.2. The van der Waals surface area contributed by atoms with Gasteiger partial charge in [-0.3, -0.25) is 10.1 Å². The highest BCUT2D eigenvalue weighted by Gasteiger charge is 2.19. The van der Waals surface area contributed by atoms with Gasteiger partial charge in [0, 0.05) is 5.69 Å². The Morgan fingerprint density at radius 1 is 1.19 bits per heavy atom. The zero-order valence-electron chi connectivity index (χ0n) is 14.6. The number of fused-ring (bicyclic) bond motifs is 1. The van der Waals surface area contributed by atoms with Crippen molar-refractivity contribution in [3.8, 4) is 0 Å². The van der Waals surface area contributed by atoms with Gasteiger partial charge in [-0.15, -0.1) is 11.3 Å². The van der Waals surface area contributed by atoms with Crippen molar-refractivity contribution in [3.63, 3.8) is 0 Å². The number of hydrogen-bond acceptors (Lipinski definition) is 6. The Balaban J connectivity index is 1.62. The van der Waals surface area contributed by atoms with E-state index in [9.17, 15) is 9.59 Å². The molecule has 0 aliphatic carbocycles. The minimum Gasteiger partial charge on any atom is -0.307 e. The van der Waals surface area contributed by atoms with Crippen LogP contribution in [0.2, 0.25) is 0 Å². The van der Waals surface area contributed by atoms with Crippen LogP contribution in [0.25, 0.3) is 10.2 Å². The quantitative estimate of drug-likeness (QED) is 0.520. The number of nitrogens with zero attached hydrogens (tertiary/aromatic N) is 2. The third-order valence-corrected chi connectivity index (χ3v) is 5.87. The summed E-state index contributed by atoms with van der Waals surface area (Å²) in [6.45, 7) is 5.63. The average molecular weight is 387 g/mol. The molecule has 2 heterocycles.